The molecule has 2 aromatic carbocycles. The fourth-order valence-corrected chi connectivity index (χ4v) is 3.98. The van der Waals surface area contributed by atoms with Crippen molar-refractivity contribution < 1.29 is 28.5 Å². The van der Waals surface area contributed by atoms with Crippen LogP contribution in [0.5, 0.6) is 23.0 Å². The van der Waals surface area contributed by atoms with E-state index in [0.29, 0.717) is 64.2 Å². The third-order valence-electron chi connectivity index (χ3n) is 5.82. The number of carbonyl (C=O) groups excluding carboxylic acids is 2. The van der Waals surface area contributed by atoms with Gasteiger partial charge in [-0.3, -0.25) is 14.6 Å². The summed E-state index contributed by atoms with van der Waals surface area (Å²) in [5.74, 6) is 1.89. The van der Waals surface area contributed by atoms with Crippen LogP contribution in [0.25, 0.3) is 16.5 Å². The van der Waals surface area contributed by atoms with E-state index < -0.39 is 0 Å². The number of anilines is 2. The van der Waals surface area contributed by atoms with Crippen LogP contribution in [0, 0.1) is 0 Å². The molecule has 2 aromatic heterocycles. The minimum absolute atomic E-state index is 0.228. The maximum atomic E-state index is 12.8. The van der Waals surface area contributed by atoms with E-state index >= 15 is 0 Å². The zero-order chi connectivity index (χ0) is 27.2. The Hall–Kier alpha value is -5.09. The molecule has 0 unspecified atom stereocenters. The first-order chi connectivity index (χ1) is 19.1. The van der Waals surface area contributed by atoms with Gasteiger partial charge in [0.1, 0.15) is 30.3 Å². The Labute approximate surface area is 223 Å². The maximum Gasteiger partial charge on any atom is 0.186 e. The molecule has 0 atom stereocenters. The van der Waals surface area contributed by atoms with Gasteiger partial charge in [0.05, 0.1) is 25.4 Å². The average molecular weight is 525 g/mol. The van der Waals surface area contributed by atoms with Gasteiger partial charge in [0, 0.05) is 41.6 Å². The van der Waals surface area contributed by atoms with E-state index in [1.54, 1.807) is 69.1 Å². The topological polar surface area (TPSA) is 122 Å². The number of nitrogens with zero attached hydrogens (tertiary/aromatic N) is 3. The second kappa shape index (κ2) is 11.5. The standard InChI is InChI=1S/C29H24N4O6/c1-36-10-11-38-28-15-25-23(14-27(28)37-2)29(32-17-31-25)33-24-7-6-19(39-20-4-3-9-30-16-20)13-21(24)22-12-18(34)5-8-26(22)35/h3-9,12-17H,10-11H2,1-2H3,(H,31,32,33). The number of aromatic nitrogens is 3. The lowest BCUT2D eigenvalue weighted by atomic mass is 9.94. The second-order valence-electron chi connectivity index (χ2n) is 8.36. The number of ketones is 2. The van der Waals surface area contributed by atoms with Gasteiger partial charge in [0.25, 0.3) is 0 Å². The highest BCUT2D eigenvalue weighted by atomic mass is 16.5. The predicted octanol–water partition coefficient (Wildman–Crippen LogP) is 4.69. The van der Waals surface area contributed by atoms with E-state index in [9.17, 15) is 9.59 Å². The van der Waals surface area contributed by atoms with Crippen LogP contribution in [0.3, 0.4) is 0 Å². The number of rotatable bonds is 10. The van der Waals surface area contributed by atoms with Crippen LogP contribution in [0.2, 0.25) is 0 Å². The van der Waals surface area contributed by atoms with Crippen LogP contribution in [0.1, 0.15) is 5.56 Å². The zero-order valence-corrected chi connectivity index (χ0v) is 21.2. The van der Waals surface area contributed by atoms with E-state index in [2.05, 4.69) is 20.3 Å². The highest BCUT2D eigenvalue weighted by Gasteiger charge is 2.21. The molecule has 5 rings (SSSR count). The Bertz CT molecular complexity index is 1600. The van der Waals surface area contributed by atoms with Crippen LogP contribution < -0.4 is 19.5 Å². The average Bonchev–Trinajstić information content (AvgIpc) is 2.95. The molecule has 0 saturated carbocycles. The number of hydrogen-bond acceptors (Lipinski definition) is 10. The largest absolute Gasteiger partial charge is 0.493 e. The maximum absolute atomic E-state index is 12.8. The third kappa shape index (κ3) is 5.76. The van der Waals surface area contributed by atoms with Crippen LogP contribution >= 0.6 is 0 Å². The zero-order valence-electron chi connectivity index (χ0n) is 21.2. The summed E-state index contributed by atoms with van der Waals surface area (Å²) in [4.78, 5) is 37.9. The molecule has 0 spiro atoms. The van der Waals surface area contributed by atoms with Crippen LogP contribution in [0.15, 0.2) is 79.4 Å². The van der Waals surface area contributed by atoms with Gasteiger partial charge in [0.2, 0.25) is 0 Å². The highest BCUT2D eigenvalue weighted by molar-refractivity contribution is 6.34. The lowest BCUT2D eigenvalue weighted by Gasteiger charge is -2.17. The number of allylic oxidation sites excluding steroid dienone is 4. The first-order valence-electron chi connectivity index (χ1n) is 12.0. The summed E-state index contributed by atoms with van der Waals surface area (Å²) < 4.78 is 22.3. The van der Waals surface area contributed by atoms with Crippen LogP contribution in [-0.4, -0.2) is 54.0 Å². The van der Waals surface area contributed by atoms with E-state index in [1.807, 2.05) is 0 Å². The quantitative estimate of drug-likeness (QED) is 0.231. The molecule has 1 aliphatic rings. The normalized spacial score (nSPS) is 12.8. The third-order valence-corrected chi connectivity index (χ3v) is 5.82. The molecule has 1 aliphatic carbocycles. The Kier molecular flexibility index (Phi) is 7.56. The van der Waals surface area contributed by atoms with Crippen molar-refractivity contribution >= 4 is 39.5 Å². The summed E-state index contributed by atoms with van der Waals surface area (Å²) in [5, 5.41) is 3.96. The van der Waals surface area contributed by atoms with Crippen molar-refractivity contribution in [2.24, 2.45) is 0 Å². The van der Waals surface area contributed by atoms with Gasteiger partial charge in [-0.2, -0.15) is 0 Å². The van der Waals surface area contributed by atoms with Crippen molar-refractivity contribution in [3.05, 3.63) is 85.0 Å². The number of fused-ring (bicyclic) bond motifs is 1. The van der Waals surface area contributed by atoms with E-state index in [4.69, 9.17) is 18.9 Å². The minimum Gasteiger partial charge on any atom is -0.493 e. The van der Waals surface area contributed by atoms with Gasteiger partial charge in [0.15, 0.2) is 23.1 Å². The second-order valence-corrected chi connectivity index (χ2v) is 8.36. The summed E-state index contributed by atoms with van der Waals surface area (Å²) in [6.07, 6.45) is 8.45. The number of hydrogen-bond donors (Lipinski definition) is 1. The minimum atomic E-state index is -0.303. The molecule has 0 aliphatic heterocycles. The van der Waals surface area contributed by atoms with Gasteiger partial charge in [-0.1, -0.05) is 0 Å². The molecule has 39 heavy (non-hydrogen) atoms. The van der Waals surface area contributed by atoms with Crippen LogP contribution in [-0.2, 0) is 14.3 Å². The smallest absolute Gasteiger partial charge is 0.186 e. The molecule has 196 valence electrons. The van der Waals surface area contributed by atoms with Gasteiger partial charge >= 0.3 is 0 Å². The number of nitrogens with one attached hydrogen (secondary N) is 1. The summed E-state index contributed by atoms with van der Waals surface area (Å²) in [7, 11) is 3.15. The summed E-state index contributed by atoms with van der Waals surface area (Å²) in [5.41, 5.74) is 1.85. The van der Waals surface area contributed by atoms with Gasteiger partial charge in [-0.15, -0.1) is 0 Å². The van der Waals surface area contributed by atoms with Gasteiger partial charge < -0.3 is 24.3 Å². The Morgan fingerprint density at radius 2 is 1.82 bits per heavy atom. The Morgan fingerprint density at radius 3 is 2.62 bits per heavy atom. The monoisotopic (exact) mass is 524 g/mol. The molecular formula is C29H24N4O6. The van der Waals surface area contributed by atoms with E-state index in [0.717, 1.165) is 0 Å². The van der Waals surface area contributed by atoms with Crippen molar-refractivity contribution in [3.8, 4) is 23.0 Å². The predicted molar refractivity (Wildman–Crippen MR) is 145 cm³/mol. The Morgan fingerprint density at radius 1 is 0.923 bits per heavy atom. The molecule has 1 N–H and O–H groups in total. The molecule has 0 radical (unpaired) electrons. The van der Waals surface area contributed by atoms with Gasteiger partial charge in [-0.25, -0.2) is 9.97 Å². The number of benzene rings is 2. The summed E-state index contributed by atoms with van der Waals surface area (Å²) in [6.45, 7) is 0.773. The SMILES string of the molecule is COCCOc1cc2ncnc(Nc3ccc(Oc4cccnc4)cc3C3=CC(=O)C=CC3=O)c2cc1OC. The molecule has 0 saturated heterocycles. The summed E-state index contributed by atoms with van der Waals surface area (Å²) >= 11 is 0. The Balaban J connectivity index is 1.55. The lowest BCUT2D eigenvalue weighted by molar-refractivity contribution is -0.113. The number of carbonyl (C=O) groups is 2. The first-order valence-corrected chi connectivity index (χ1v) is 12.0. The molecule has 0 fully saturated rings. The van der Waals surface area contributed by atoms with Crippen LogP contribution in [0.4, 0.5) is 11.5 Å². The fourth-order valence-electron chi connectivity index (χ4n) is 3.98. The van der Waals surface area contributed by atoms with E-state index in [-0.39, 0.29) is 17.1 Å². The summed E-state index contributed by atoms with van der Waals surface area (Å²) in [6, 6.07) is 12.3. The molecule has 4 aromatic rings. The lowest BCUT2D eigenvalue weighted by Crippen LogP contribution is -2.09. The highest BCUT2D eigenvalue weighted by Crippen LogP contribution is 2.37. The number of pyridine rings is 1. The van der Waals surface area contributed by atoms with Crippen molar-refractivity contribution in [1.82, 2.24) is 15.0 Å². The molecule has 0 bridgehead atoms. The molecule has 0 amide bonds. The van der Waals surface area contributed by atoms with Gasteiger partial charge in [-0.05, 0) is 54.6 Å². The number of methoxy groups -OCH3 is 2. The van der Waals surface area contributed by atoms with Crippen molar-refractivity contribution in [1.29, 1.82) is 0 Å². The number of ether oxygens (including phenoxy) is 4. The van der Waals surface area contributed by atoms with E-state index in [1.165, 1.54) is 24.6 Å². The van der Waals surface area contributed by atoms with Crippen molar-refractivity contribution in [2.45, 2.75) is 0 Å². The molecule has 2 heterocycles. The fraction of sp³-hybridized carbons (Fsp3) is 0.138. The molecule has 10 heteroatoms. The molecule has 10 nitrogen and oxygen atoms in total. The first kappa shape index (κ1) is 25.6. The molecular weight excluding hydrogens is 500 g/mol. The van der Waals surface area contributed by atoms with Crippen molar-refractivity contribution in [2.75, 3.05) is 32.8 Å². The van der Waals surface area contributed by atoms with Crippen molar-refractivity contribution in [3.63, 3.8) is 0 Å².